The van der Waals surface area contributed by atoms with Crippen molar-refractivity contribution in [3.63, 3.8) is 0 Å². The van der Waals surface area contributed by atoms with Crippen molar-refractivity contribution in [3.05, 3.63) is 58.6 Å². The van der Waals surface area contributed by atoms with E-state index in [0.717, 1.165) is 29.6 Å². The zero-order valence-electron chi connectivity index (χ0n) is 12.4. The van der Waals surface area contributed by atoms with Gasteiger partial charge in [-0.2, -0.15) is 0 Å². The van der Waals surface area contributed by atoms with Crippen LogP contribution >= 0.6 is 23.4 Å². The first-order valence-corrected chi connectivity index (χ1v) is 8.11. The Morgan fingerprint density at radius 3 is 2.67 bits per heavy atom. The number of halogens is 1. The number of nitrogens with one attached hydrogen (secondary N) is 1. The second-order valence-corrected chi connectivity index (χ2v) is 6.40. The third-order valence-corrected chi connectivity index (χ3v) is 4.36. The largest absolute Gasteiger partial charge is 0.383 e. The second kappa shape index (κ2) is 8.44. The molecule has 0 aliphatic heterocycles. The van der Waals surface area contributed by atoms with Crippen LogP contribution in [0.2, 0.25) is 5.02 Å². The molecule has 0 saturated carbocycles. The van der Waals surface area contributed by atoms with Gasteiger partial charge in [0.25, 0.3) is 0 Å². The normalized spacial score (nSPS) is 10.8. The van der Waals surface area contributed by atoms with Gasteiger partial charge in [0.1, 0.15) is 0 Å². The van der Waals surface area contributed by atoms with Crippen molar-refractivity contribution in [3.8, 4) is 0 Å². The Morgan fingerprint density at radius 2 is 1.95 bits per heavy atom. The summed E-state index contributed by atoms with van der Waals surface area (Å²) < 4.78 is 5.03. The molecule has 0 atom stereocenters. The summed E-state index contributed by atoms with van der Waals surface area (Å²) in [5, 5.41) is 4.14. The third kappa shape index (κ3) is 5.36. The smallest absolute Gasteiger partial charge is 0.0587 e. The van der Waals surface area contributed by atoms with Crippen LogP contribution in [0.5, 0.6) is 0 Å². The molecule has 0 aliphatic rings. The molecule has 1 N–H and O–H groups in total. The lowest BCUT2D eigenvalue weighted by atomic mass is 10.1. The van der Waals surface area contributed by atoms with Gasteiger partial charge in [0.15, 0.2) is 0 Å². The molecule has 0 spiro atoms. The maximum Gasteiger partial charge on any atom is 0.0587 e. The van der Waals surface area contributed by atoms with E-state index in [9.17, 15) is 0 Å². The molecule has 0 aliphatic carbocycles. The topological polar surface area (TPSA) is 21.3 Å². The highest BCUT2D eigenvalue weighted by atomic mass is 35.5. The fourth-order valence-electron chi connectivity index (χ4n) is 1.99. The fourth-order valence-corrected chi connectivity index (χ4v) is 3.23. The van der Waals surface area contributed by atoms with Crippen LogP contribution in [0.15, 0.2) is 52.3 Å². The van der Waals surface area contributed by atoms with Crippen LogP contribution in [0.1, 0.15) is 11.1 Å². The predicted molar refractivity (Wildman–Crippen MR) is 90.3 cm³/mol. The van der Waals surface area contributed by atoms with Gasteiger partial charge >= 0.3 is 0 Å². The zero-order chi connectivity index (χ0) is 15.1. The van der Waals surface area contributed by atoms with Crippen molar-refractivity contribution in [2.24, 2.45) is 0 Å². The number of rotatable bonds is 7. The van der Waals surface area contributed by atoms with Gasteiger partial charge in [-0.15, -0.1) is 0 Å². The van der Waals surface area contributed by atoms with Crippen LogP contribution in [0.25, 0.3) is 0 Å². The molecule has 112 valence electrons. The minimum atomic E-state index is 0.738. The molecule has 2 aromatic rings. The summed E-state index contributed by atoms with van der Waals surface area (Å²) in [7, 11) is 1.72. The predicted octanol–water partition coefficient (Wildman–Crippen LogP) is 4.54. The van der Waals surface area contributed by atoms with Gasteiger partial charge in [0.05, 0.1) is 6.61 Å². The maximum atomic E-state index is 6.02. The highest BCUT2D eigenvalue weighted by Gasteiger charge is 2.03. The molecule has 0 aromatic heterocycles. The first-order valence-electron chi connectivity index (χ1n) is 6.91. The number of hydrogen-bond acceptors (Lipinski definition) is 3. The summed E-state index contributed by atoms with van der Waals surface area (Å²) in [4.78, 5) is 2.39. The highest BCUT2D eigenvalue weighted by molar-refractivity contribution is 7.99. The van der Waals surface area contributed by atoms with E-state index in [1.54, 1.807) is 18.9 Å². The van der Waals surface area contributed by atoms with Crippen LogP contribution < -0.4 is 5.32 Å². The van der Waals surface area contributed by atoms with Crippen LogP contribution in [0, 0.1) is 6.92 Å². The Kier molecular flexibility index (Phi) is 6.58. The average molecular weight is 322 g/mol. The van der Waals surface area contributed by atoms with Gasteiger partial charge in [-0.1, -0.05) is 35.5 Å². The molecule has 21 heavy (non-hydrogen) atoms. The van der Waals surface area contributed by atoms with Gasteiger partial charge < -0.3 is 10.1 Å². The Labute approximate surface area is 135 Å². The Bertz CT molecular complexity index is 589. The van der Waals surface area contributed by atoms with Crippen molar-refractivity contribution in [1.29, 1.82) is 0 Å². The van der Waals surface area contributed by atoms with E-state index in [4.69, 9.17) is 16.3 Å². The van der Waals surface area contributed by atoms with E-state index in [1.807, 2.05) is 18.2 Å². The first kappa shape index (κ1) is 16.4. The van der Waals surface area contributed by atoms with E-state index in [1.165, 1.54) is 16.0 Å². The summed E-state index contributed by atoms with van der Waals surface area (Å²) in [5.74, 6) is 0. The standard InChI is InChI=1S/C17H20ClNOS/c1-13-10-17(21-16-5-3-4-15(18)11-16)7-6-14(13)12-19-8-9-20-2/h3-7,10-11,19H,8-9,12H2,1-2H3. The lowest BCUT2D eigenvalue weighted by Gasteiger charge is -2.10. The van der Waals surface area contributed by atoms with Crippen molar-refractivity contribution in [2.75, 3.05) is 20.3 Å². The lowest BCUT2D eigenvalue weighted by Crippen LogP contribution is -2.19. The zero-order valence-corrected chi connectivity index (χ0v) is 13.9. The van der Waals surface area contributed by atoms with Crippen LogP contribution in [-0.2, 0) is 11.3 Å². The molecule has 2 rings (SSSR count). The summed E-state index contributed by atoms with van der Waals surface area (Å²) >= 11 is 7.75. The molecule has 0 unspecified atom stereocenters. The minimum absolute atomic E-state index is 0.738. The van der Waals surface area contributed by atoms with Gasteiger partial charge in [0, 0.05) is 35.0 Å². The SMILES string of the molecule is COCCNCc1ccc(Sc2cccc(Cl)c2)cc1C. The Balaban J connectivity index is 1.98. The first-order chi connectivity index (χ1) is 10.2. The third-order valence-electron chi connectivity index (χ3n) is 3.14. The van der Waals surface area contributed by atoms with Crippen molar-refractivity contribution in [1.82, 2.24) is 5.32 Å². The molecule has 2 aromatic carbocycles. The van der Waals surface area contributed by atoms with Crippen LogP contribution in [0.4, 0.5) is 0 Å². The molecular weight excluding hydrogens is 302 g/mol. The maximum absolute atomic E-state index is 6.02. The highest BCUT2D eigenvalue weighted by Crippen LogP contribution is 2.30. The molecule has 4 heteroatoms. The van der Waals surface area contributed by atoms with Crippen LogP contribution in [0.3, 0.4) is 0 Å². The Morgan fingerprint density at radius 1 is 1.14 bits per heavy atom. The van der Waals surface area contributed by atoms with Crippen molar-refractivity contribution < 1.29 is 4.74 Å². The molecular formula is C17H20ClNOS. The number of ether oxygens (including phenoxy) is 1. The van der Waals surface area contributed by atoms with Gasteiger partial charge in [-0.3, -0.25) is 0 Å². The summed E-state index contributed by atoms with van der Waals surface area (Å²) in [5.41, 5.74) is 2.62. The number of aryl methyl sites for hydroxylation is 1. The monoisotopic (exact) mass is 321 g/mol. The van der Waals surface area contributed by atoms with E-state index < -0.39 is 0 Å². The van der Waals surface area contributed by atoms with E-state index >= 15 is 0 Å². The quantitative estimate of drug-likeness (QED) is 0.757. The average Bonchev–Trinajstić information content (AvgIpc) is 2.45. The number of benzene rings is 2. The van der Waals surface area contributed by atoms with E-state index in [-0.39, 0.29) is 0 Å². The summed E-state index contributed by atoms with van der Waals surface area (Å²) in [6.07, 6.45) is 0. The molecule has 2 nitrogen and oxygen atoms in total. The van der Waals surface area contributed by atoms with Crippen molar-refractivity contribution >= 4 is 23.4 Å². The van der Waals surface area contributed by atoms with Crippen molar-refractivity contribution in [2.45, 2.75) is 23.3 Å². The minimum Gasteiger partial charge on any atom is -0.383 e. The Hall–Kier alpha value is -1.00. The summed E-state index contributed by atoms with van der Waals surface area (Å²) in [6.45, 7) is 4.63. The van der Waals surface area contributed by atoms with Gasteiger partial charge in [-0.05, 0) is 48.4 Å². The summed E-state index contributed by atoms with van der Waals surface area (Å²) in [6, 6.07) is 14.5. The molecule has 0 amide bonds. The number of methoxy groups -OCH3 is 1. The van der Waals surface area contributed by atoms with E-state index in [2.05, 4.69) is 36.5 Å². The second-order valence-electron chi connectivity index (χ2n) is 4.82. The molecule has 0 heterocycles. The molecule has 0 saturated heterocycles. The van der Waals surface area contributed by atoms with E-state index in [0.29, 0.717) is 0 Å². The number of hydrogen-bond donors (Lipinski definition) is 1. The fraction of sp³-hybridized carbons (Fsp3) is 0.294. The molecule has 0 fully saturated rings. The van der Waals surface area contributed by atoms with Crippen LogP contribution in [-0.4, -0.2) is 20.3 Å². The van der Waals surface area contributed by atoms with Gasteiger partial charge in [0.2, 0.25) is 0 Å². The molecule has 0 radical (unpaired) electrons. The lowest BCUT2D eigenvalue weighted by molar-refractivity contribution is 0.199. The molecule has 0 bridgehead atoms. The van der Waals surface area contributed by atoms with Gasteiger partial charge in [-0.25, -0.2) is 0 Å².